The highest BCUT2D eigenvalue weighted by molar-refractivity contribution is 5.96. The highest BCUT2D eigenvalue weighted by Crippen LogP contribution is 2.28. The quantitative estimate of drug-likeness (QED) is 0.145. The maximum absolute atomic E-state index is 12.9. The summed E-state index contributed by atoms with van der Waals surface area (Å²) in [5.74, 6) is 2.75. The predicted molar refractivity (Wildman–Crippen MR) is 175 cm³/mol. The van der Waals surface area contributed by atoms with Gasteiger partial charge in [0.25, 0.3) is 0 Å². The van der Waals surface area contributed by atoms with Gasteiger partial charge in [0.2, 0.25) is 5.91 Å². The summed E-state index contributed by atoms with van der Waals surface area (Å²) in [6, 6.07) is 15.4. The molecular formula is C37H50N2O5. The molecule has 0 saturated carbocycles. The maximum atomic E-state index is 12.9. The van der Waals surface area contributed by atoms with Gasteiger partial charge in [0, 0.05) is 31.0 Å². The molecule has 1 amide bonds. The Bertz CT molecular complexity index is 1260. The van der Waals surface area contributed by atoms with Crippen molar-refractivity contribution in [3.8, 4) is 11.5 Å². The van der Waals surface area contributed by atoms with Crippen molar-refractivity contribution in [3.63, 3.8) is 0 Å². The fourth-order valence-electron chi connectivity index (χ4n) is 6.00. The van der Waals surface area contributed by atoms with Crippen molar-refractivity contribution in [2.45, 2.75) is 84.1 Å². The van der Waals surface area contributed by atoms with Crippen molar-refractivity contribution in [2.24, 2.45) is 0 Å². The number of carbonyl (C=O) groups excluding carboxylic acids is 2. The first-order chi connectivity index (χ1) is 21.4. The van der Waals surface area contributed by atoms with Crippen LogP contribution >= 0.6 is 0 Å². The molecule has 0 unspecified atom stereocenters. The SMILES string of the molecule is CCC1=CCCC(C)=C1OCCOc1ccc(C[C@@H](CN2CCCC2)NC(=O)CCCCC(=O)c2ccc(OC)cc2)cc1. The van der Waals surface area contributed by atoms with E-state index < -0.39 is 0 Å². The number of amides is 1. The van der Waals surface area contributed by atoms with Crippen LogP contribution in [0.15, 0.2) is 71.5 Å². The van der Waals surface area contributed by atoms with Crippen molar-refractivity contribution in [2.75, 3.05) is 40.0 Å². The molecule has 2 aromatic rings. The molecule has 0 spiro atoms. The van der Waals surface area contributed by atoms with Crippen LogP contribution in [-0.4, -0.2) is 62.6 Å². The molecule has 2 aromatic carbocycles. The second kappa shape index (κ2) is 17.6. The number of Topliss-reactive ketones (excluding diaryl/α,β-unsaturated/α-hetero) is 1. The van der Waals surface area contributed by atoms with Gasteiger partial charge in [0.1, 0.15) is 30.5 Å². The summed E-state index contributed by atoms with van der Waals surface area (Å²) in [4.78, 5) is 27.8. The largest absolute Gasteiger partial charge is 0.497 e. The molecule has 1 fully saturated rings. The van der Waals surface area contributed by atoms with Gasteiger partial charge in [-0.3, -0.25) is 9.59 Å². The number of nitrogens with one attached hydrogen (secondary N) is 1. The number of allylic oxidation sites excluding steroid dienone is 3. The van der Waals surface area contributed by atoms with E-state index in [1.165, 1.54) is 29.6 Å². The fraction of sp³-hybridized carbons (Fsp3) is 0.514. The molecule has 0 radical (unpaired) electrons. The van der Waals surface area contributed by atoms with Crippen LogP contribution in [0.2, 0.25) is 0 Å². The van der Waals surface area contributed by atoms with Crippen LogP contribution in [0, 0.1) is 0 Å². The molecule has 238 valence electrons. The number of benzene rings is 2. The van der Waals surface area contributed by atoms with Gasteiger partial charge < -0.3 is 24.4 Å². The summed E-state index contributed by atoms with van der Waals surface area (Å²) in [5.41, 5.74) is 4.47. The molecule has 1 aliphatic heterocycles. The van der Waals surface area contributed by atoms with E-state index >= 15 is 0 Å². The zero-order valence-electron chi connectivity index (χ0n) is 26.9. The van der Waals surface area contributed by atoms with E-state index in [1.54, 1.807) is 31.4 Å². The van der Waals surface area contributed by atoms with Crippen LogP contribution in [0.3, 0.4) is 0 Å². The van der Waals surface area contributed by atoms with E-state index in [2.05, 4.69) is 42.3 Å². The van der Waals surface area contributed by atoms with Gasteiger partial charge in [0.05, 0.1) is 7.11 Å². The number of nitrogens with zero attached hydrogens (tertiary/aromatic N) is 1. The molecule has 0 bridgehead atoms. The summed E-state index contributed by atoms with van der Waals surface area (Å²) in [5, 5.41) is 3.29. The summed E-state index contributed by atoms with van der Waals surface area (Å²) < 4.78 is 17.2. The standard InChI is InChI=1S/C37H50N2O5/c1-4-30-11-9-10-28(2)37(30)44-25-24-43-34-18-14-29(15-19-34)26-32(27-39-22-7-8-23-39)38-36(41)13-6-5-12-35(40)31-16-20-33(42-3)21-17-31/h11,14-21,32H,4-10,12-13,22-27H2,1-3H3,(H,38,41)/t32-/m0/s1. The first-order valence-electron chi connectivity index (χ1n) is 16.4. The number of likely N-dealkylation sites (tertiary alicyclic amines) is 1. The van der Waals surface area contributed by atoms with Gasteiger partial charge in [-0.1, -0.05) is 25.1 Å². The lowest BCUT2D eigenvalue weighted by molar-refractivity contribution is -0.122. The van der Waals surface area contributed by atoms with Crippen LogP contribution in [0.4, 0.5) is 0 Å². The average Bonchev–Trinajstić information content (AvgIpc) is 3.55. The summed E-state index contributed by atoms with van der Waals surface area (Å²) >= 11 is 0. The molecule has 4 rings (SSSR count). The summed E-state index contributed by atoms with van der Waals surface area (Å²) in [6.45, 7) is 8.35. The second-order valence-electron chi connectivity index (χ2n) is 11.9. The van der Waals surface area contributed by atoms with Gasteiger partial charge in [-0.2, -0.15) is 0 Å². The van der Waals surface area contributed by atoms with Gasteiger partial charge in [-0.25, -0.2) is 0 Å². The monoisotopic (exact) mass is 602 g/mol. The number of ketones is 1. The van der Waals surface area contributed by atoms with Crippen molar-refractivity contribution in [1.82, 2.24) is 10.2 Å². The smallest absolute Gasteiger partial charge is 0.220 e. The molecular weight excluding hydrogens is 552 g/mol. The predicted octanol–water partition coefficient (Wildman–Crippen LogP) is 7.06. The van der Waals surface area contributed by atoms with Crippen molar-refractivity contribution in [1.29, 1.82) is 0 Å². The van der Waals surface area contributed by atoms with E-state index in [0.717, 1.165) is 62.6 Å². The molecule has 1 saturated heterocycles. The molecule has 1 heterocycles. The van der Waals surface area contributed by atoms with Crippen molar-refractivity contribution >= 4 is 11.7 Å². The van der Waals surface area contributed by atoms with Crippen LogP contribution < -0.4 is 14.8 Å². The molecule has 1 aliphatic carbocycles. The van der Waals surface area contributed by atoms with E-state index in [-0.39, 0.29) is 17.7 Å². The Morgan fingerprint density at radius 1 is 0.909 bits per heavy atom. The van der Waals surface area contributed by atoms with Gasteiger partial charge in [0.15, 0.2) is 5.78 Å². The zero-order chi connectivity index (χ0) is 31.1. The Labute approximate surface area is 263 Å². The maximum Gasteiger partial charge on any atom is 0.220 e. The second-order valence-corrected chi connectivity index (χ2v) is 11.9. The normalized spacial score (nSPS) is 15.9. The first-order valence-corrected chi connectivity index (χ1v) is 16.4. The summed E-state index contributed by atoms with van der Waals surface area (Å²) in [6.07, 6.45) is 10.9. The lowest BCUT2D eigenvalue weighted by Gasteiger charge is -2.25. The topological polar surface area (TPSA) is 77.1 Å². The van der Waals surface area contributed by atoms with E-state index in [0.29, 0.717) is 44.5 Å². The molecule has 2 aliphatic rings. The van der Waals surface area contributed by atoms with Crippen LogP contribution in [0.5, 0.6) is 11.5 Å². The van der Waals surface area contributed by atoms with E-state index in [4.69, 9.17) is 14.2 Å². The number of unbranched alkanes of at least 4 members (excludes halogenated alkanes) is 1. The lowest BCUT2D eigenvalue weighted by Crippen LogP contribution is -2.44. The zero-order valence-corrected chi connectivity index (χ0v) is 26.9. The first kappa shape index (κ1) is 33.3. The van der Waals surface area contributed by atoms with Crippen LogP contribution in [-0.2, 0) is 16.0 Å². The Balaban J connectivity index is 1.20. The molecule has 1 N–H and O–H groups in total. The van der Waals surface area contributed by atoms with Crippen molar-refractivity contribution in [3.05, 3.63) is 82.6 Å². The van der Waals surface area contributed by atoms with E-state index in [1.807, 2.05) is 12.1 Å². The molecule has 7 nitrogen and oxygen atoms in total. The number of methoxy groups -OCH3 is 1. The molecule has 44 heavy (non-hydrogen) atoms. The number of hydrogen-bond donors (Lipinski definition) is 1. The highest BCUT2D eigenvalue weighted by atomic mass is 16.5. The van der Waals surface area contributed by atoms with Crippen molar-refractivity contribution < 1.29 is 23.8 Å². The van der Waals surface area contributed by atoms with E-state index in [9.17, 15) is 9.59 Å². The van der Waals surface area contributed by atoms with Crippen LogP contribution in [0.25, 0.3) is 0 Å². The third-order valence-corrected chi connectivity index (χ3v) is 8.49. The summed E-state index contributed by atoms with van der Waals surface area (Å²) in [7, 11) is 1.61. The number of hydrogen-bond acceptors (Lipinski definition) is 6. The minimum atomic E-state index is 0.0366. The number of ether oxygens (including phenoxy) is 3. The molecule has 7 heteroatoms. The Morgan fingerprint density at radius 2 is 1.59 bits per heavy atom. The molecule has 1 atom stereocenters. The lowest BCUT2D eigenvalue weighted by atomic mass is 9.97. The van der Waals surface area contributed by atoms with Gasteiger partial charge in [-0.15, -0.1) is 0 Å². The fourth-order valence-corrected chi connectivity index (χ4v) is 6.00. The Hall–Kier alpha value is -3.58. The minimum absolute atomic E-state index is 0.0366. The average molecular weight is 603 g/mol. The van der Waals surface area contributed by atoms with Crippen LogP contribution in [0.1, 0.15) is 87.6 Å². The highest BCUT2D eigenvalue weighted by Gasteiger charge is 2.20. The third kappa shape index (κ3) is 10.5. The minimum Gasteiger partial charge on any atom is -0.497 e. The molecule has 0 aromatic heterocycles. The van der Waals surface area contributed by atoms with Gasteiger partial charge >= 0.3 is 0 Å². The number of rotatable bonds is 18. The van der Waals surface area contributed by atoms with Gasteiger partial charge in [-0.05, 0) is 124 Å². The Kier molecular flexibility index (Phi) is 13.4. The number of carbonyl (C=O) groups is 2. The third-order valence-electron chi connectivity index (χ3n) is 8.49. The Morgan fingerprint density at radius 3 is 2.30 bits per heavy atom.